The normalized spacial score (nSPS) is 25.6. The molecule has 3 saturated heterocycles. The lowest BCUT2D eigenvalue weighted by molar-refractivity contribution is -0.151. The minimum Gasteiger partial charge on any atom is -0.481 e. The van der Waals surface area contributed by atoms with E-state index in [1.807, 2.05) is 29.2 Å². The van der Waals surface area contributed by atoms with Gasteiger partial charge in [0.15, 0.2) is 0 Å². The number of benzene rings is 2. The van der Waals surface area contributed by atoms with Crippen molar-refractivity contribution in [3.8, 4) is 0 Å². The number of carbonyl (C=O) groups excluding carboxylic acids is 2. The molecule has 3 aliphatic heterocycles. The topological polar surface area (TPSA) is 107 Å². The molecule has 5 rings (SSSR count). The van der Waals surface area contributed by atoms with Crippen LogP contribution in [0.3, 0.4) is 0 Å². The second-order valence-electron chi connectivity index (χ2n) is 11.9. The highest BCUT2D eigenvalue weighted by Crippen LogP contribution is 2.36. The van der Waals surface area contributed by atoms with Crippen LogP contribution in [0.25, 0.3) is 0 Å². The standard InChI is InChI=1S/C32H40Cl2N4O4/c33-25-12-10-22(18-26(25)34)27-8-4-5-16-36(27)31(41)28(13-14-30(39)40)37-17-15-24(11-9-21-6-2-1-3-7-21)38-20-23(35)19-29(38)32(37)42/h1-3,6-7,10,12,18,23-24,27-29H,4-5,8-9,11,13-17,19-20,35H2,(H,39,40)/t23-,24?,27+,28-,29+/m1/s1. The Morgan fingerprint density at radius 2 is 1.79 bits per heavy atom. The number of carboxylic acid groups (broad SMARTS) is 1. The second kappa shape index (κ2) is 13.8. The van der Waals surface area contributed by atoms with E-state index in [1.165, 1.54) is 5.56 Å². The van der Waals surface area contributed by atoms with Crippen molar-refractivity contribution in [3.63, 3.8) is 0 Å². The summed E-state index contributed by atoms with van der Waals surface area (Å²) >= 11 is 12.5. The number of piperidine rings is 1. The van der Waals surface area contributed by atoms with Crippen molar-refractivity contribution in [1.82, 2.24) is 14.7 Å². The van der Waals surface area contributed by atoms with Crippen LogP contribution in [0.2, 0.25) is 10.0 Å². The Kier molecular flexibility index (Phi) is 10.1. The van der Waals surface area contributed by atoms with Gasteiger partial charge in [-0.1, -0.05) is 59.6 Å². The maximum atomic E-state index is 14.4. The van der Waals surface area contributed by atoms with Crippen LogP contribution in [-0.2, 0) is 20.8 Å². The van der Waals surface area contributed by atoms with Crippen molar-refractivity contribution >= 4 is 41.0 Å². The van der Waals surface area contributed by atoms with Crippen LogP contribution in [0.5, 0.6) is 0 Å². The third-order valence-corrected chi connectivity index (χ3v) is 9.87. The first-order valence-electron chi connectivity index (χ1n) is 15.1. The van der Waals surface area contributed by atoms with Crippen molar-refractivity contribution in [2.45, 2.75) is 88.0 Å². The summed E-state index contributed by atoms with van der Waals surface area (Å²) < 4.78 is 0. The smallest absolute Gasteiger partial charge is 0.303 e. The van der Waals surface area contributed by atoms with E-state index in [2.05, 4.69) is 17.0 Å². The molecular formula is C32H40Cl2N4O4. The van der Waals surface area contributed by atoms with Gasteiger partial charge in [0.25, 0.3) is 0 Å². The molecule has 3 aliphatic rings. The lowest BCUT2D eigenvalue weighted by Gasteiger charge is -2.41. The Balaban J connectivity index is 1.41. The van der Waals surface area contributed by atoms with E-state index >= 15 is 0 Å². The molecule has 5 atom stereocenters. The van der Waals surface area contributed by atoms with Crippen molar-refractivity contribution in [3.05, 3.63) is 69.7 Å². The fourth-order valence-corrected chi connectivity index (χ4v) is 7.33. The number of rotatable bonds is 9. The van der Waals surface area contributed by atoms with Gasteiger partial charge in [-0.15, -0.1) is 0 Å². The Bertz CT molecular complexity index is 1280. The van der Waals surface area contributed by atoms with Crippen LogP contribution in [-0.4, -0.2) is 81.4 Å². The number of likely N-dealkylation sites (tertiary alicyclic amines) is 1. The molecule has 226 valence electrons. The molecule has 10 heteroatoms. The molecular weight excluding hydrogens is 575 g/mol. The molecule has 0 saturated carbocycles. The zero-order valence-electron chi connectivity index (χ0n) is 23.8. The first kappa shape index (κ1) is 30.8. The van der Waals surface area contributed by atoms with Gasteiger partial charge in [0.1, 0.15) is 6.04 Å². The Hall–Kier alpha value is -2.65. The van der Waals surface area contributed by atoms with E-state index in [0.29, 0.717) is 42.5 Å². The fourth-order valence-electron chi connectivity index (χ4n) is 7.02. The molecule has 0 spiro atoms. The van der Waals surface area contributed by atoms with Gasteiger partial charge in [-0.25, -0.2) is 0 Å². The van der Waals surface area contributed by atoms with Crippen molar-refractivity contribution < 1.29 is 19.5 Å². The number of nitrogens with two attached hydrogens (primary N) is 1. The predicted molar refractivity (Wildman–Crippen MR) is 163 cm³/mol. The highest BCUT2D eigenvalue weighted by Gasteiger charge is 2.46. The van der Waals surface area contributed by atoms with E-state index in [-0.39, 0.29) is 42.8 Å². The third kappa shape index (κ3) is 6.94. The Morgan fingerprint density at radius 1 is 1.00 bits per heavy atom. The molecule has 0 bridgehead atoms. The number of amides is 2. The number of aryl methyl sites for hydroxylation is 1. The maximum absolute atomic E-state index is 14.4. The third-order valence-electron chi connectivity index (χ3n) is 9.13. The molecule has 42 heavy (non-hydrogen) atoms. The van der Waals surface area contributed by atoms with Crippen LogP contribution < -0.4 is 5.73 Å². The average Bonchev–Trinajstić information content (AvgIpc) is 3.33. The number of halogens is 2. The molecule has 3 N–H and O–H groups in total. The molecule has 2 aromatic carbocycles. The van der Waals surface area contributed by atoms with E-state index in [0.717, 1.165) is 37.7 Å². The van der Waals surface area contributed by atoms with E-state index in [4.69, 9.17) is 28.9 Å². The highest BCUT2D eigenvalue weighted by molar-refractivity contribution is 6.42. The fraction of sp³-hybridized carbons (Fsp3) is 0.531. The summed E-state index contributed by atoms with van der Waals surface area (Å²) in [6.45, 7) is 1.58. The molecule has 0 aliphatic carbocycles. The SMILES string of the molecule is N[C@@H]1C[C@H]2C(=O)N([C@H](CCC(=O)O)C(=O)N3CCCC[C@H]3c3ccc(Cl)c(Cl)c3)CCC(CCc3ccccc3)N2C1. The number of carbonyl (C=O) groups is 3. The largest absolute Gasteiger partial charge is 0.481 e. The van der Waals surface area contributed by atoms with Crippen molar-refractivity contribution in [2.75, 3.05) is 19.6 Å². The Morgan fingerprint density at radius 3 is 2.52 bits per heavy atom. The first-order chi connectivity index (χ1) is 20.2. The molecule has 3 heterocycles. The monoisotopic (exact) mass is 614 g/mol. The van der Waals surface area contributed by atoms with Crippen molar-refractivity contribution in [2.24, 2.45) is 5.73 Å². The Labute approximate surface area is 257 Å². The minimum atomic E-state index is -0.986. The van der Waals surface area contributed by atoms with Crippen LogP contribution in [0.1, 0.15) is 68.5 Å². The van der Waals surface area contributed by atoms with Gasteiger partial charge in [-0.3, -0.25) is 19.3 Å². The number of nitrogens with zero attached hydrogens (tertiary/aromatic N) is 3. The lowest BCUT2D eigenvalue weighted by Crippen LogP contribution is -2.55. The van der Waals surface area contributed by atoms with Crippen LogP contribution >= 0.6 is 23.2 Å². The van der Waals surface area contributed by atoms with Gasteiger partial charge in [0.2, 0.25) is 11.8 Å². The molecule has 0 aromatic heterocycles. The second-order valence-corrected chi connectivity index (χ2v) is 12.7. The van der Waals surface area contributed by atoms with E-state index in [1.54, 1.807) is 17.0 Å². The summed E-state index contributed by atoms with van der Waals surface area (Å²) in [6.07, 6.45) is 5.43. The van der Waals surface area contributed by atoms with Crippen molar-refractivity contribution in [1.29, 1.82) is 0 Å². The number of hydrogen-bond acceptors (Lipinski definition) is 5. The lowest BCUT2D eigenvalue weighted by atomic mass is 9.93. The van der Waals surface area contributed by atoms with Crippen LogP contribution in [0, 0.1) is 0 Å². The number of aliphatic carboxylic acids is 1. The summed E-state index contributed by atoms with van der Waals surface area (Å²) in [5, 5.41) is 10.5. The highest BCUT2D eigenvalue weighted by atomic mass is 35.5. The van der Waals surface area contributed by atoms with Gasteiger partial charge >= 0.3 is 5.97 Å². The summed E-state index contributed by atoms with van der Waals surface area (Å²) in [5.41, 5.74) is 8.54. The average molecular weight is 616 g/mol. The summed E-state index contributed by atoms with van der Waals surface area (Å²) in [7, 11) is 0. The predicted octanol–water partition coefficient (Wildman–Crippen LogP) is 4.92. The van der Waals surface area contributed by atoms with Gasteiger partial charge < -0.3 is 20.6 Å². The quantitative estimate of drug-likeness (QED) is 0.415. The van der Waals surface area contributed by atoms with Crippen LogP contribution in [0.15, 0.2) is 48.5 Å². The van der Waals surface area contributed by atoms with E-state index < -0.39 is 18.1 Å². The molecule has 8 nitrogen and oxygen atoms in total. The number of hydrogen-bond donors (Lipinski definition) is 2. The zero-order valence-corrected chi connectivity index (χ0v) is 25.3. The molecule has 0 radical (unpaired) electrons. The molecule has 2 amide bonds. The maximum Gasteiger partial charge on any atom is 0.303 e. The first-order valence-corrected chi connectivity index (χ1v) is 15.8. The summed E-state index contributed by atoms with van der Waals surface area (Å²) in [5.74, 6) is -1.30. The van der Waals surface area contributed by atoms with Gasteiger partial charge in [-0.05, 0) is 74.6 Å². The minimum absolute atomic E-state index is 0.0674. The molecule has 1 unspecified atom stereocenters. The summed E-state index contributed by atoms with van der Waals surface area (Å²) in [4.78, 5) is 46.0. The van der Waals surface area contributed by atoms with Gasteiger partial charge in [0.05, 0.1) is 22.1 Å². The number of fused-ring (bicyclic) bond motifs is 1. The van der Waals surface area contributed by atoms with E-state index in [9.17, 15) is 19.5 Å². The molecule has 2 aromatic rings. The van der Waals surface area contributed by atoms with Crippen LogP contribution in [0.4, 0.5) is 0 Å². The molecule has 3 fully saturated rings. The van der Waals surface area contributed by atoms with Gasteiger partial charge in [-0.2, -0.15) is 0 Å². The van der Waals surface area contributed by atoms with Gasteiger partial charge in [0, 0.05) is 38.1 Å². The number of carboxylic acids is 1. The summed E-state index contributed by atoms with van der Waals surface area (Å²) in [6, 6.07) is 14.3. The zero-order chi connectivity index (χ0) is 29.8.